The lowest BCUT2D eigenvalue weighted by molar-refractivity contribution is 0.627. The summed E-state index contributed by atoms with van der Waals surface area (Å²) in [6.45, 7) is 0. The zero-order valence-electron chi connectivity index (χ0n) is 11.9. The molecule has 21 heavy (non-hydrogen) atoms. The van der Waals surface area contributed by atoms with Gasteiger partial charge >= 0.3 is 0 Å². The van der Waals surface area contributed by atoms with E-state index in [9.17, 15) is 4.39 Å². The van der Waals surface area contributed by atoms with Crippen molar-refractivity contribution in [2.24, 2.45) is 0 Å². The molecule has 0 spiro atoms. The highest BCUT2D eigenvalue weighted by Gasteiger charge is 2.20. The molecule has 1 aromatic heterocycles. The number of aromatic nitrogens is 2. The highest BCUT2D eigenvalue weighted by atomic mass is 79.9. The van der Waals surface area contributed by atoms with Gasteiger partial charge in [0.15, 0.2) is 5.82 Å². The molecule has 0 radical (unpaired) electrons. The summed E-state index contributed by atoms with van der Waals surface area (Å²) in [5.41, 5.74) is 1.89. The largest absolute Gasteiger partial charge is 0.373 e. The Kier molecular flexibility index (Phi) is 4.19. The van der Waals surface area contributed by atoms with Crippen LogP contribution in [0.1, 0.15) is 37.3 Å². The van der Waals surface area contributed by atoms with Gasteiger partial charge in [-0.3, -0.25) is 0 Å². The number of hydrogen-bond donors (Lipinski definition) is 1. The molecule has 1 aliphatic carbocycles. The number of hydrogen-bond acceptors (Lipinski definition) is 3. The normalized spacial score (nSPS) is 15.4. The summed E-state index contributed by atoms with van der Waals surface area (Å²) in [5.74, 6) is 1.68. The molecule has 1 aromatic carbocycles. The van der Waals surface area contributed by atoms with Crippen molar-refractivity contribution >= 4 is 21.7 Å². The second-order valence-corrected chi connectivity index (χ2v) is 6.21. The number of benzene rings is 1. The third-order valence-corrected chi connectivity index (χ3v) is 4.60. The van der Waals surface area contributed by atoms with Gasteiger partial charge in [-0.25, -0.2) is 14.4 Å². The van der Waals surface area contributed by atoms with Gasteiger partial charge in [0.2, 0.25) is 0 Å². The Balaban J connectivity index is 2.06. The lowest BCUT2D eigenvalue weighted by Gasteiger charge is -2.13. The minimum atomic E-state index is -0.272. The van der Waals surface area contributed by atoms with E-state index in [1.807, 2.05) is 13.1 Å². The smallest absolute Gasteiger partial charge is 0.162 e. The molecule has 1 N–H and O–H groups in total. The van der Waals surface area contributed by atoms with Crippen LogP contribution < -0.4 is 5.32 Å². The average Bonchev–Trinajstić information content (AvgIpc) is 3.01. The van der Waals surface area contributed by atoms with Crippen molar-refractivity contribution in [3.8, 4) is 11.4 Å². The number of rotatable bonds is 3. The van der Waals surface area contributed by atoms with E-state index in [2.05, 4.69) is 26.2 Å². The molecular weight excluding hydrogens is 333 g/mol. The molecule has 0 saturated heterocycles. The molecule has 0 amide bonds. The summed E-state index contributed by atoms with van der Waals surface area (Å²) in [6.07, 6.45) is 4.90. The maximum atomic E-state index is 13.3. The van der Waals surface area contributed by atoms with E-state index < -0.39 is 0 Å². The van der Waals surface area contributed by atoms with Crippen LogP contribution in [0, 0.1) is 5.82 Å². The summed E-state index contributed by atoms with van der Waals surface area (Å²) in [5, 5.41) is 3.09. The van der Waals surface area contributed by atoms with Gasteiger partial charge in [0.05, 0.1) is 0 Å². The molecule has 0 atom stereocenters. The standard InChI is InChI=1S/C16H17BrFN3/c1-19-15-9-14(10-4-2-3-5-10)20-16(21-15)12-7-6-11(18)8-13(12)17/h6-10H,2-5H2,1H3,(H,19,20,21). The minimum absolute atomic E-state index is 0.272. The lowest BCUT2D eigenvalue weighted by atomic mass is 10.0. The second kappa shape index (κ2) is 6.10. The average molecular weight is 350 g/mol. The third-order valence-electron chi connectivity index (χ3n) is 3.95. The van der Waals surface area contributed by atoms with Crippen molar-refractivity contribution in [2.75, 3.05) is 12.4 Å². The fraction of sp³-hybridized carbons (Fsp3) is 0.375. The Bertz CT molecular complexity index is 654. The summed E-state index contributed by atoms with van der Waals surface area (Å²) in [4.78, 5) is 9.23. The molecule has 3 nitrogen and oxygen atoms in total. The summed E-state index contributed by atoms with van der Waals surface area (Å²) >= 11 is 3.40. The van der Waals surface area contributed by atoms with E-state index in [0.717, 1.165) is 17.1 Å². The van der Waals surface area contributed by atoms with Crippen LogP contribution in [0.5, 0.6) is 0 Å². The van der Waals surface area contributed by atoms with Crippen molar-refractivity contribution in [1.82, 2.24) is 9.97 Å². The van der Waals surface area contributed by atoms with Gasteiger partial charge in [0, 0.05) is 34.8 Å². The van der Waals surface area contributed by atoms with Gasteiger partial charge in [0.1, 0.15) is 11.6 Å². The lowest BCUT2D eigenvalue weighted by Crippen LogP contribution is -2.04. The molecule has 3 rings (SSSR count). The highest BCUT2D eigenvalue weighted by molar-refractivity contribution is 9.10. The van der Waals surface area contributed by atoms with Crippen LogP contribution in [0.2, 0.25) is 0 Å². The first-order valence-electron chi connectivity index (χ1n) is 7.19. The van der Waals surface area contributed by atoms with Gasteiger partial charge in [-0.2, -0.15) is 0 Å². The van der Waals surface area contributed by atoms with Crippen LogP contribution in [0.3, 0.4) is 0 Å². The predicted molar refractivity (Wildman–Crippen MR) is 85.9 cm³/mol. The Morgan fingerprint density at radius 2 is 1.95 bits per heavy atom. The molecule has 1 aliphatic rings. The number of nitrogens with zero attached hydrogens (tertiary/aromatic N) is 2. The maximum absolute atomic E-state index is 13.3. The number of nitrogens with one attached hydrogen (secondary N) is 1. The van der Waals surface area contributed by atoms with Crippen LogP contribution in [-0.2, 0) is 0 Å². The summed E-state index contributed by atoms with van der Waals surface area (Å²) < 4.78 is 13.9. The van der Waals surface area contributed by atoms with Gasteiger partial charge in [-0.15, -0.1) is 0 Å². The Hall–Kier alpha value is -1.49. The van der Waals surface area contributed by atoms with Gasteiger partial charge in [-0.1, -0.05) is 12.8 Å². The topological polar surface area (TPSA) is 37.8 Å². The van der Waals surface area contributed by atoms with Gasteiger partial charge in [0.25, 0.3) is 0 Å². The molecule has 1 fully saturated rings. The molecule has 110 valence electrons. The van der Waals surface area contributed by atoms with Crippen molar-refractivity contribution < 1.29 is 4.39 Å². The van der Waals surface area contributed by atoms with E-state index in [4.69, 9.17) is 4.98 Å². The Morgan fingerprint density at radius 3 is 2.62 bits per heavy atom. The highest BCUT2D eigenvalue weighted by Crippen LogP contribution is 2.35. The van der Waals surface area contributed by atoms with E-state index in [1.54, 1.807) is 6.07 Å². The van der Waals surface area contributed by atoms with E-state index >= 15 is 0 Å². The molecule has 0 unspecified atom stereocenters. The molecule has 1 heterocycles. The van der Waals surface area contributed by atoms with Gasteiger partial charge < -0.3 is 5.32 Å². The predicted octanol–water partition coefficient (Wildman–Crippen LogP) is 4.74. The summed E-state index contributed by atoms with van der Waals surface area (Å²) in [7, 11) is 1.85. The molecule has 5 heteroatoms. The first-order valence-corrected chi connectivity index (χ1v) is 7.99. The van der Waals surface area contributed by atoms with Crippen molar-refractivity contribution in [2.45, 2.75) is 31.6 Å². The van der Waals surface area contributed by atoms with Crippen LogP contribution in [0.4, 0.5) is 10.2 Å². The zero-order valence-corrected chi connectivity index (χ0v) is 13.5. The molecule has 2 aromatic rings. The quantitative estimate of drug-likeness (QED) is 0.869. The first kappa shape index (κ1) is 14.4. The number of anilines is 1. The van der Waals surface area contributed by atoms with E-state index in [0.29, 0.717) is 16.2 Å². The summed E-state index contributed by atoms with van der Waals surface area (Å²) in [6, 6.07) is 6.62. The van der Waals surface area contributed by atoms with Crippen molar-refractivity contribution in [3.63, 3.8) is 0 Å². The van der Waals surface area contributed by atoms with Crippen molar-refractivity contribution in [3.05, 3.63) is 40.2 Å². The molecule has 0 bridgehead atoms. The zero-order chi connectivity index (χ0) is 14.8. The van der Waals surface area contributed by atoms with Crippen molar-refractivity contribution in [1.29, 1.82) is 0 Å². The van der Waals surface area contributed by atoms with Crippen LogP contribution >= 0.6 is 15.9 Å². The van der Waals surface area contributed by atoms with Crippen LogP contribution in [-0.4, -0.2) is 17.0 Å². The Morgan fingerprint density at radius 1 is 1.19 bits per heavy atom. The van der Waals surface area contributed by atoms with E-state index in [1.165, 1.54) is 37.8 Å². The monoisotopic (exact) mass is 349 g/mol. The van der Waals surface area contributed by atoms with Crippen LogP contribution in [0.25, 0.3) is 11.4 Å². The SMILES string of the molecule is CNc1cc(C2CCCC2)nc(-c2ccc(F)cc2Br)n1. The molecular formula is C16H17BrFN3. The van der Waals surface area contributed by atoms with Gasteiger partial charge in [-0.05, 0) is 47.0 Å². The fourth-order valence-corrected chi connectivity index (χ4v) is 3.34. The number of halogens is 2. The fourth-order valence-electron chi connectivity index (χ4n) is 2.82. The Labute approximate surface area is 132 Å². The van der Waals surface area contributed by atoms with Crippen LogP contribution in [0.15, 0.2) is 28.7 Å². The second-order valence-electron chi connectivity index (χ2n) is 5.36. The van der Waals surface area contributed by atoms with E-state index in [-0.39, 0.29) is 5.82 Å². The third kappa shape index (κ3) is 3.07. The first-order chi connectivity index (χ1) is 10.2. The molecule has 1 saturated carbocycles. The molecule has 0 aliphatic heterocycles. The minimum Gasteiger partial charge on any atom is -0.373 e. The maximum Gasteiger partial charge on any atom is 0.162 e.